The lowest BCUT2D eigenvalue weighted by Crippen LogP contribution is -2.38. The summed E-state index contributed by atoms with van der Waals surface area (Å²) < 4.78 is 5.34. The Balaban J connectivity index is 1.65. The Hall–Kier alpha value is -2.25. The summed E-state index contributed by atoms with van der Waals surface area (Å²) in [7, 11) is 0. The van der Waals surface area contributed by atoms with Crippen LogP contribution in [0.2, 0.25) is 5.02 Å². The molecule has 1 amide bonds. The zero-order valence-corrected chi connectivity index (χ0v) is 18.6. The van der Waals surface area contributed by atoms with Gasteiger partial charge in [-0.2, -0.15) is 0 Å². The largest absolute Gasteiger partial charge is 0.463 e. The number of nitrogens with zero attached hydrogens (tertiary/aromatic N) is 2. The Morgan fingerprint density at radius 1 is 1.30 bits per heavy atom. The molecule has 1 unspecified atom stereocenters. The smallest absolute Gasteiger partial charge is 0.338 e. The molecule has 0 saturated heterocycles. The summed E-state index contributed by atoms with van der Waals surface area (Å²) in [6.45, 7) is 4.61. The zero-order chi connectivity index (χ0) is 21.3. The molecule has 1 aliphatic carbocycles. The van der Waals surface area contributed by atoms with E-state index >= 15 is 0 Å². The first-order valence-corrected chi connectivity index (χ1v) is 11.4. The van der Waals surface area contributed by atoms with E-state index in [1.54, 1.807) is 19.1 Å². The molecule has 0 spiro atoms. The van der Waals surface area contributed by atoms with Gasteiger partial charge in [0.2, 0.25) is 5.91 Å². The summed E-state index contributed by atoms with van der Waals surface area (Å²) in [6.07, 6.45) is 2.61. The predicted octanol–water partition coefficient (Wildman–Crippen LogP) is 4.39. The topological polar surface area (TPSA) is 71.0 Å². The molecule has 2 aliphatic heterocycles. The van der Waals surface area contributed by atoms with Gasteiger partial charge in [-0.3, -0.25) is 4.79 Å². The van der Waals surface area contributed by atoms with E-state index < -0.39 is 12.0 Å². The van der Waals surface area contributed by atoms with Gasteiger partial charge in [-0.1, -0.05) is 35.5 Å². The molecule has 1 saturated carbocycles. The van der Waals surface area contributed by atoms with Crippen molar-refractivity contribution in [3.8, 4) is 0 Å². The van der Waals surface area contributed by atoms with Crippen molar-refractivity contribution >= 4 is 40.4 Å². The molecular weight excluding hydrogens is 422 g/mol. The maximum atomic E-state index is 12.9. The van der Waals surface area contributed by atoms with E-state index in [4.69, 9.17) is 16.3 Å². The molecule has 30 heavy (non-hydrogen) atoms. The molecule has 0 aromatic heterocycles. The van der Waals surface area contributed by atoms with Crippen LogP contribution in [0.15, 0.2) is 51.6 Å². The number of amides is 1. The normalized spacial score (nSPS) is 20.5. The minimum Gasteiger partial charge on any atom is -0.463 e. The number of carbonyl (C=O) groups excluding carboxylic acids is 2. The highest BCUT2D eigenvalue weighted by atomic mass is 35.5. The van der Waals surface area contributed by atoms with Gasteiger partial charge in [0.25, 0.3) is 0 Å². The maximum absolute atomic E-state index is 12.9. The van der Waals surface area contributed by atoms with Crippen LogP contribution < -0.4 is 5.32 Å². The Labute approximate surface area is 185 Å². The van der Waals surface area contributed by atoms with Crippen LogP contribution >= 0.6 is 23.4 Å². The highest BCUT2D eigenvalue weighted by Crippen LogP contribution is 2.45. The third-order valence-electron chi connectivity index (χ3n) is 5.31. The zero-order valence-electron chi connectivity index (χ0n) is 17.0. The molecule has 1 aromatic carbocycles. The van der Waals surface area contributed by atoms with Crippen LogP contribution in [0.4, 0.5) is 0 Å². The van der Waals surface area contributed by atoms with Gasteiger partial charge in [0, 0.05) is 17.3 Å². The van der Waals surface area contributed by atoms with Gasteiger partial charge in [0.15, 0.2) is 5.17 Å². The van der Waals surface area contributed by atoms with Gasteiger partial charge in [-0.05, 0) is 55.7 Å². The molecule has 3 aliphatic rings. The van der Waals surface area contributed by atoms with E-state index in [9.17, 15) is 9.59 Å². The molecule has 0 radical (unpaired) electrons. The van der Waals surface area contributed by atoms with E-state index in [1.807, 2.05) is 29.4 Å². The van der Waals surface area contributed by atoms with Gasteiger partial charge in [0.05, 0.1) is 30.3 Å². The van der Waals surface area contributed by atoms with E-state index in [0.717, 1.165) is 23.0 Å². The Morgan fingerprint density at radius 3 is 2.70 bits per heavy atom. The molecule has 0 bridgehead atoms. The number of benzene rings is 1. The molecule has 4 rings (SSSR count). The number of ether oxygens (including phenoxy) is 1. The number of hydrogen-bond acceptors (Lipinski definition) is 6. The second kappa shape index (κ2) is 8.86. The quantitative estimate of drug-likeness (QED) is 0.630. The van der Waals surface area contributed by atoms with Crippen molar-refractivity contribution in [2.75, 3.05) is 13.2 Å². The molecule has 1 fully saturated rings. The van der Waals surface area contributed by atoms with Crippen molar-refractivity contribution in [1.82, 2.24) is 10.2 Å². The Morgan fingerprint density at radius 2 is 2.03 bits per heavy atom. The highest BCUT2D eigenvalue weighted by molar-refractivity contribution is 8.16. The number of carbonyl (C=O) groups is 2. The molecule has 1 aromatic rings. The number of aliphatic imine (C=N–C) groups is 1. The third kappa shape index (κ3) is 4.42. The second-order valence-electron chi connectivity index (χ2n) is 7.59. The van der Waals surface area contributed by atoms with Crippen molar-refractivity contribution < 1.29 is 14.3 Å². The van der Waals surface area contributed by atoms with E-state index in [2.05, 4.69) is 10.3 Å². The first kappa shape index (κ1) is 21.0. The first-order valence-electron chi connectivity index (χ1n) is 10.1. The molecule has 2 heterocycles. The summed E-state index contributed by atoms with van der Waals surface area (Å²) in [5.41, 5.74) is 2.82. The summed E-state index contributed by atoms with van der Waals surface area (Å²) >= 11 is 7.56. The SMILES string of the molecule is CCOC(=O)C1=C(C)N=C2SC=C(CC(=O)NCC3CC3)N2C1c1ccc(Cl)cc1. The second-order valence-corrected chi connectivity index (χ2v) is 8.86. The van der Waals surface area contributed by atoms with Crippen molar-refractivity contribution in [3.63, 3.8) is 0 Å². The maximum Gasteiger partial charge on any atom is 0.338 e. The van der Waals surface area contributed by atoms with Crippen LogP contribution in [0.1, 0.15) is 44.7 Å². The van der Waals surface area contributed by atoms with E-state index in [1.165, 1.54) is 24.6 Å². The number of fused-ring (bicyclic) bond motifs is 1. The van der Waals surface area contributed by atoms with Crippen LogP contribution in [0.25, 0.3) is 0 Å². The van der Waals surface area contributed by atoms with E-state index in [0.29, 0.717) is 22.2 Å². The van der Waals surface area contributed by atoms with E-state index in [-0.39, 0.29) is 18.9 Å². The fourth-order valence-electron chi connectivity index (χ4n) is 3.61. The van der Waals surface area contributed by atoms with Gasteiger partial charge in [-0.15, -0.1) is 0 Å². The summed E-state index contributed by atoms with van der Waals surface area (Å²) in [4.78, 5) is 32.0. The van der Waals surface area contributed by atoms with Gasteiger partial charge < -0.3 is 15.0 Å². The van der Waals surface area contributed by atoms with Crippen LogP contribution in [0, 0.1) is 5.92 Å². The number of hydrogen-bond donors (Lipinski definition) is 1. The minimum absolute atomic E-state index is 0.0196. The number of nitrogens with one attached hydrogen (secondary N) is 1. The van der Waals surface area contributed by atoms with Crippen molar-refractivity contribution in [2.45, 2.75) is 39.2 Å². The van der Waals surface area contributed by atoms with Crippen LogP contribution in [0.5, 0.6) is 0 Å². The highest BCUT2D eigenvalue weighted by Gasteiger charge is 2.41. The lowest BCUT2D eigenvalue weighted by atomic mass is 9.94. The van der Waals surface area contributed by atoms with Crippen molar-refractivity contribution in [3.05, 3.63) is 57.2 Å². The number of amidine groups is 1. The summed E-state index contributed by atoms with van der Waals surface area (Å²) in [5.74, 6) is 0.205. The standard InChI is InChI=1S/C22H24ClN3O3S/c1-3-29-21(28)19-13(2)25-22-26(20(19)15-6-8-16(23)9-7-15)17(12-30-22)10-18(27)24-11-14-4-5-14/h6-9,12,14,20H,3-5,10-11H2,1-2H3,(H,24,27). The van der Waals surface area contributed by atoms with Crippen molar-refractivity contribution in [2.24, 2.45) is 10.9 Å². The molecule has 1 atom stereocenters. The number of halogens is 1. The Bertz CT molecular complexity index is 951. The van der Waals surface area contributed by atoms with Crippen molar-refractivity contribution in [1.29, 1.82) is 0 Å². The molecule has 8 heteroatoms. The molecule has 6 nitrogen and oxygen atoms in total. The predicted molar refractivity (Wildman–Crippen MR) is 119 cm³/mol. The average Bonchev–Trinajstić information content (AvgIpc) is 3.47. The fraction of sp³-hybridized carbons (Fsp3) is 0.409. The summed E-state index contributed by atoms with van der Waals surface area (Å²) in [6, 6.07) is 6.98. The minimum atomic E-state index is -0.425. The van der Waals surface area contributed by atoms with Gasteiger partial charge in [0.1, 0.15) is 0 Å². The first-order chi connectivity index (χ1) is 14.5. The lowest BCUT2D eigenvalue weighted by molar-refractivity contribution is -0.139. The average molecular weight is 446 g/mol. The summed E-state index contributed by atoms with van der Waals surface area (Å²) in [5, 5.41) is 6.33. The van der Waals surface area contributed by atoms with Gasteiger partial charge >= 0.3 is 5.97 Å². The number of allylic oxidation sites excluding steroid dienone is 1. The number of thioether (sulfide) groups is 1. The Kier molecular flexibility index (Phi) is 6.20. The van der Waals surface area contributed by atoms with Gasteiger partial charge in [-0.25, -0.2) is 9.79 Å². The van der Waals surface area contributed by atoms with Crippen LogP contribution in [-0.4, -0.2) is 35.1 Å². The molecule has 1 N–H and O–H groups in total. The lowest BCUT2D eigenvalue weighted by Gasteiger charge is -2.36. The van der Waals surface area contributed by atoms with Crippen LogP contribution in [-0.2, 0) is 14.3 Å². The van der Waals surface area contributed by atoms with Crippen LogP contribution in [0.3, 0.4) is 0 Å². The third-order valence-corrected chi connectivity index (χ3v) is 6.45. The molecule has 158 valence electrons. The number of rotatable bonds is 7. The number of esters is 1. The molecular formula is C22H24ClN3O3S. The fourth-order valence-corrected chi connectivity index (χ4v) is 4.70. The monoisotopic (exact) mass is 445 g/mol.